The number of carbonyl (C=O) groups is 2. The predicted octanol–water partition coefficient (Wildman–Crippen LogP) is 0.524. The van der Waals surface area contributed by atoms with Crippen LogP contribution in [0.3, 0.4) is 0 Å². The zero-order valence-electron chi connectivity index (χ0n) is 11.7. The summed E-state index contributed by atoms with van der Waals surface area (Å²) in [7, 11) is -2.93. The molecule has 1 spiro atoms. The van der Waals surface area contributed by atoms with Crippen molar-refractivity contribution in [3.8, 4) is 0 Å². The average Bonchev–Trinajstić information content (AvgIpc) is 3.07. The first-order valence-corrected chi connectivity index (χ1v) is 8.83. The summed E-state index contributed by atoms with van der Waals surface area (Å²) < 4.78 is 22.9. The number of carboxylic acid groups (broad SMARTS) is 1. The van der Waals surface area contributed by atoms with Gasteiger partial charge in [-0.25, -0.2) is 8.42 Å². The lowest BCUT2D eigenvalue weighted by Crippen LogP contribution is -2.39. The van der Waals surface area contributed by atoms with Crippen LogP contribution in [0.2, 0.25) is 0 Å². The van der Waals surface area contributed by atoms with Gasteiger partial charge < -0.3 is 10.0 Å². The van der Waals surface area contributed by atoms with Crippen molar-refractivity contribution in [1.82, 2.24) is 4.90 Å². The van der Waals surface area contributed by atoms with Crippen LogP contribution in [-0.2, 0) is 19.4 Å². The van der Waals surface area contributed by atoms with Gasteiger partial charge in [0.15, 0.2) is 0 Å². The number of rotatable bonds is 5. The van der Waals surface area contributed by atoms with Gasteiger partial charge in [-0.15, -0.1) is 0 Å². The number of hydrogen-bond acceptors (Lipinski definition) is 4. The van der Waals surface area contributed by atoms with Gasteiger partial charge >= 0.3 is 5.97 Å². The molecule has 1 atom stereocenters. The third-order valence-electron chi connectivity index (χ3n) is 4.44. The molecule has 0 aromatic rings. The molecule has 20 heavy (non-hydrogen) atoms. The molecule has 114 valence electrons. The van der Waals surface area contributed by atoms with E-state index in [2.05, 4.69) is 0 Å². The quantitative estimate of drug-likeness (QED) is 0.799. The van der Waals surface area contributed by atoms with E-state index in [4.69, 9.17) is 5.11 Å². The first-order chi connectivity index (χ1) is 9.30. The molecule has 1 aliphatic heterocycles. The highest BCUT2D eigenvalue weighted by Gasteiger charge is 2.60. The Morgan fingerprint density at radius 3 is 2.40 bits per heavy atom. The Labute approximate surface area is 119 Å². The van der Waals surface area contributed by atoms with Crippen molar-refractivity contribution >= 4 is 21.7 Å². The molecule has 1 saturated carbocycles. The van der Waals surface area contributed by atoms with Crippen LogP contribution >= 0.6 is 0 Å². The van der Waals surface area contributed by atoms with Gasteiger partial charge in [-0.3, -0.25) is 9.59 Å². The first-order valence-electron chi connectivity index (χ1n) is 7.01. The standard InChI is InChI=1S/C13H21NO5S/c1-2-5-14(9-11(15)16)12(17)10-8-13(10)3-6-20(18,19)7-4-13/h10H,2-9H2,1H3,(H,15,16). The normalized spacial score (nSPS) is 26.1. The fourth-order valence-electron chi connectivity index (χ4n) is 3.11. The van der Waals surface area contributed by atoms with Crippen LogP contribution in [0.5, 0.6) is 0 Å². The van der Waals surface area contributed by atoms with Gasteiger partial charge in [-0.1, -0.05) is 6.92 Å². The van der Waals surface area contributed by atoms with E-state index in [1.165, 1.54) is 4.90 Å². The minimum absolute atomic E-state index is 0.117. The second-order valence-corrected chi connectivity index (χ2v) is 8.23. The Hall–Kier alpha value is -1.11. The van der Waals surface area contributed by atoms with Crippen molar-refractivity contribution in [2.45, 2.75) is 32.6 Å². The van der Waals surface area contributed by atoms with Crippen LogP contribution in [0.1, 0.15) is 32.6 Å². The summed E-state index contributed by atoms with van der Waals surface area (Å²) in [6.45, 7) is 2.07. The van der Waals surface area contributed by atoms with Crippen LogP contribution < -0.4 is 0 Å². The second-order valence-electron chi connectivity index (χ2n) is 5.92. The molecule has 7 heteroatoms. The van der Waals surface area contributed by atoms with Crippen LogP contribution in [-0.4, -0.2) is 54.9 Å². The topological polar surface area (TPSA) is 91.8 Å². The maximum absolute atomic E-state index is 12.4. The molecule has 1 amide bonds. The fraction of sp³-hybridized carbons (Fsp3) is 0.846. The number of amides is 1. The summed E-state index contributed by atoms with van der Waals surface area (Å²) in [6, 6.07) is 0. The molecular weight excluding hydrogens is 282 g/mol. The molecule has 6 nitrogen and oxygen atoms in total. The Morgan fingerprint density at radius 2 is 1.90 bits per heavy atom. The number of hydrogen-bond donors (Lipinski definition) is 1. The van der Waals surface area contributed by atoms with Crippen molar-refractivity contribution < 1.29 is 23.1 Å². The highest BCUT2D eigenvalue weighted by Crippen LogP contribution is 2.60. The third-order valence-corrected chi connectivity index (χ3v) is 6.09. The van der Waals surface area contributed by atoms with E-state index in [0.717, 1.165) is 0 Å². The third kappa shape index (κ3) is 3.13. The number of carboxylic acids is 1. The van der Waals surface area contributed by atoms with Crippen molar-refractivity contribution in [3.05, 3.63) is 0 Å². The van der Waals surface area contributed by atoms with Gasteiger partial charge in [-0.05, 0) is 31.1 Å². The molecule has 0 aromatic heterocycles. The number of sulfone groups is 1. The van der Waals surface area contributed by atoms with Crippen molar-refractivity contribution in [1.29, 1.82) is 0 Å². The highest BCUT2D eigenvalue weighted by atomic mass is 32.2. The zero-order chi connectivity index (χ0) is 15.0. The molecule has 2 aliphatic rings. The van der Waals surface area contributed by atoms with Crippen molar-refractivity contribution in [2.75, 3.05) is 24.6 Å². The Bertz CT molecular complexity index is 499. The smallest absolute Gasteiger partial charge is 0.323 e. The lowest BCUT2D eigenvalue weighted by atomic mass is 9.96. The predicted molar refractivity (Wildman–Crippen MR) is 72.9 cm³/mol. The summed E-state index contributed by atoms with van der Waals surface area (Å²) in [5.41, 5.74) is -0.174. The van der Waals surface area contributed by atoms with Gasteiger partial charge in [0.25, 0.3) is 0 Å². The molecule has 1 N–H and O–H groups in total. The maximum atomic E-state index is 12.4. The van der Waals surface area contributed by atoms with E-state index >= 15 is 0 Å². The fourth-order valence-corrected chi connectivity index (χ4v) is 4.75. The molecule has 2 rings (SSSR count). The Morgan fingerprint density at radius 1 is 1.30 bits per heavy atom. The van der Waals surface area contributed by atoms with Crippen LogP contribution in [0.25, 0.3) is 0 Å². The van der Waals surface area contributed by atoms with Crippen LogP contribution in [0.4, 0.5) is 0 Å². The maximum Gasteiger partial charge on any atom is 0.323 e. The summed E-state index contributed by atoms with van der Waals surface area (Å²) in [6.07, 6.45) is 2.51. The molecule has 1 heterocycles. The first kappa shape index (κ1) is 15.3. The zero-order valence-corrected chi connectivity index (χ0v) is 12.5. The SMILES string of the molecule is CCCN(CC(=O)O)C(=O)C1CC12CCS(=O)(=O)CC2. The molecular formula is C13H21NO5S. The van der Waals surface area contributed by atoms with E-state index in [1.54, 1.807) is 0 Å². The molecule has 1 saturated heterocycles. The molecule has 1 aliphatic carbocycles. The van der Waals surface area contributed by atoms with E-state index in [-0.39, 0.29) is 35.3 Å². The number of nitrogens with zero attached hydrogens (tertiary/aromatic N) is 1. The van der Waals surface area contributed by atoms with Gasteiger partial charge in [0.1, 0.15) is 16.4 Å². The molecule has 0 bridgehead atoms. The summed E-state index contributed by atoms with van der Waals surface area (Å²) >= 11 is 0. The molecule has 2 fully saturated rings. The van der Waals surface area contributed by atoms with Gasteiger partial charge in [0.2, 0.25) is 5.91 Å². The van der Waals surface area contributed by atoms with Gasteiger partial charge in [-0.2, -0.15) is 0 Å². The van der Waals surface area contributed by atoms with Crippen LogP contribution in [0.15, 0.2) is 0 Å². The van der Waals surface area contributed by atoms with Crippen molar-refractivity contribution in [2.24, 2.45) is 11.3 Å². The summed E-state index contributed by atoms with van der Waals surface area (Å²) in [4.78, 5) is 24.6. The van der Waals surface area contributed by atoms with Gasteiger partial charge in [0, 0.05) is 12.5 Å². The minimum atomic E-state index is -2.93. The van der Waals surface area contributed by atoms with Crippen LogP contribution in [0, 0.1) is 11.3 Å². The van der Waals surface area contributed by atoms with E-state index in [9.17, 15) is 18.0 Å². The lowest BCUT2D eigenvalue weighted by molar-refractivity contribution is -0.145. The molecule has 0 aromatic carbocycles. The number of carbonyl (C=O) groups excluding carboxylic acids is 1. The van der Waals surface area contributed by atoms with E-state index in [1.807, 2.05) is 6.92 Å². The Balaban J connectivity index is 1.99. The van der Waals surface area contributed by atoms with E-state index < -0.39 is 15.8 Å². The monoisotopic (exact) mass is 303 g/mol. The van der Waals surface area contributed by atoms with Gasteiger partial charge in [0.05, 0.1) is 11.5 Å². The second kappa shape index (κ2) is 5.35. The summed E-state index contributed by atoms with van der Waals surface area (Å²) in [5.74, 6) is -0.988. The Kier molecular flexibility index (Phi) is 4.09. The summed E-state index contributed by atoms with van der Waals surface area (Å²) in [5, 5.41) is 8.86. The lowest BCUT2D eigenvalue weighted by Gasteiger charge is -2.25. The minimum Gasteiger partial charge on any atom is -0.480 e. The number of aliphatic carboxylic acids is 1. The average molecular weight is 303 g/mol. The van der Waals surface area contributed by atoms with Crippen molar-refractivity contribution in [3.63, 3.8) is 0 Å². The molecule has 0 radical (unpaired) electrons. The molecule has 1 unspecified atom stereocenters. The highest BCUT2D eigenvalue weighted by molar-refractivity contribution is 7.91. The largest absolute Gasteiger partial charge is 0.480 e. The van der Waals surface area contributed by atoms with E-state index in [0.29, 0.717) is 32.2 Å².